The third-order valence-electron chi connectivity index (χ3n) is 4.32. The van der Waals surface area contributed by atoms with Crippen LogP contribution in [0.5, 0.6) is 0 Å². The molecule has 1 saturated carbocycles. The minimum Gasteiger partial charge on any atom is -0.377 e. The van der Waals surface area contributed by atoms with Gasteiger partial charge in [-0.1, -0.05) is 11.6 Å². The first-order chi connectivity index (χ1) is 11.2. The van der Waals surface area contributed by atoms with E-state index in [0.29, 0.717) is 24.2 Å². The highest BCUT2D eigenvalue weighted by Gasteiger charge is 2.33. The zero-order valence-electron chi connectivity index (χ0n) is 12.5. The van der Waals surface area contributed by atoms with Gasteiger partial charge >= 0.3 is 0 Å². The molecule has 0 amide bonds. The van der Waals surface area contributed by atoms with Crippen LogP contribution >= 0.6 is 11.6 Å². The maximum Gasteiger partial charge on any atom is 0.267 e. The Labute approximate surface area is 138 Å². The summed E-state index contributed by atoms with van der Waals surface area (Å²) in [6, 6.07) is 5.05. The molecular weight excluding hydrogens is 316 g/mol. The largest absolute Gasteiger partial charge is 0.377 e. The normalized spacial score (nSPS) is 23.9. The van der Waals surface area contributed by atoms with Gasteiger partial charge in [0.1, 0.15) is 6.04 Å². The zero-order chi connectivity index (χ0) is 15.8. The smallest absolute Gasteiger partial charge is 0.267 e. The molecule has 23 heavy (non-hydrogen) atoms. The van der Waals surface area contributed by atoms with Crippen LogP contribution in [0.15, 0.2) is 35.4 Å². The molecule has 2 unspecified atom stereocenters. The quantitative estimate of drug-likeness (QED) is 0.929. The lowest BCUT2D eigenvalue weighted by Gasteiger charge is -2.22. The van der Waals surface area contributed by atoms with Crippen LogP contribution in [-0.2, 0) is 4.74 Å². The van der Waals surface area contributed by atoms with Crippen molar-refractivity contribution in [2.75, 3.05) is 18.5 Å². The molecule has 0 spiro atoms. The number of rotatable bonds is 4. The Kier molecular flexibility index (Phi) is 3.79. The molecular formula is C16H17ClN4O2. The molecule has 2 aromatic rings. The van der Waals surface area contributed by atoms with Crippen LogP contribution in [0.1, 0.15) is 30.5 Å². The van der Waals surface area contributed by atoms with Gasteiger partial charge in [0.25, 0.3) is 5.56 Å². The predicted octanol–water partition coefficient (Wildman–Crippen LogP) is 2.22. The Bertz CT molecular complexity index is 775. The average molecular weight is 333 g/mol. The van der Waals surface area contributed by atoms with Crippen molar-refractivity contribution in [3.8, 4) is 0 Å². The fourth-order valence-electron chi connectivity index (χ4n) is 2.89. The third-order valence-corrected chi connectivity index (χ3v) is 4.62. The number of halogens is 1. The van der Waals surface area contributed by atoms with E-state index in [0.717, 1.165) is 24.2 Å². The van der Waals surface area contributed by atoms with Crippen molar-refractivity contribution in [1.29, 1.82) is 0 Å². The predicted molar refractivity (Wildman–Crippen MR) is 87.0 cm³/mol. The molecule has 1 aliphatic heterocycles. The van der Waals surface area contributed by atoms with Gasteiger partial charge in [0.2, 0.25) is 0 Å². The molecule has 2 atom stereocenters. The number of ether oxygens (including phenoxy) is 1. The van der Waals surface area contributed by atoms with Crippen molar-refractivity contribution in [1.82, 2.24) is 14.8 Å². The summed E-state index contributed by atoms with van der Waals surface area (Å²) in [7, 11) is 0. The van der Waals surface area contributed by atoms with Gasteiger partial charge < -0.3 is 10.1 Å². The summed E-state index contributed by atoms with van der Waals surface area (Å²) in [5, 5.41) is 8.47. The van der Waals surface area contributed by atoms with Crippen molar-refractivity contribution >= 4 is 17.3 Å². The number of hydrogen-bond acceptors (Lipinski definition) is 5. The molecule has 3 heterocycles. The number of aromatic nitrogens is 3. The topological polar surface area (TPSA) is 69.0 Å². The molecule has 0 radical (unpaired) electrons. The molecule has 4 rings (SSSR count). The Morgan fingerprint density at radius 3 is 2.91 bits per heavy atom. The van der Waals surface area contributed by atoms with Crippen LogP contribution in [0.25, 0.3) is 0 Å². The number of pyridine rings is 1. The minimum absolute atomic E-state index is 0.0606. The number of anilines is 1. The SMILES string of the molecule is O=c1ccc(C2CC2)nn1C1COCC1Nc1ccncc1Cl. The first-order valence-corrected chi connectivity index (χ1v) is 8.14. The van der Waals surface area contributed by atoms with E-state index < -0.39 is 0 Å². The number of nitrogens with one attached hydrogen (secondary N) is 1. The van der Waals surface area contributed by atoms with Crippen LogP contribution < -0.4 is 10.9 Å². The molecule has 0 bridgehead atoms. The minimum atomic E-state index is -0.148. The lowest BCUT2D eigenvalue weighted by atomic mass is 10.1. The highest BCUT2D eigenvalue weighted by Crippen LogP contribution is 2.38. The summed E-state index contributed by atoms with van der Waals surface area (Å²) in [4.78, 5) is 16.2. The summed E-state index contributed by atoms with van der Waals surface area (Å²) in [6.07, 6.45) is 5.57. The van der Waals surface area contributed by atoms with E-state index in [1.54, 1.807) is 23.1 Å². The Morgan fingerprint density at radius 2 is 2.13 bits per heavy atom. The molecule has 1 saturated heterocycles. The van der Waals surface area contributed by atoms with Crippen LogP contribution in [-0.4, -0.2) is 34.0 Å². The van der Waals surface area contributed by atoms with Gasteiger partial charge in [0.05, 0.1) is 35.7 Å². The van der Waals surface area contributed by atoms with Crippen molar-refractivity contribution < 1.29 is 4.74 Å². The molecule has 2 fully saturated rings. The van der Waals surface area contributed by atoms with E-state index in [1.165, 1.54) is 0 Å². The van der Waals surface area contributed by atoms with Gasteiger partial charge in [-0.3, -0.25) is 9.78 Å². The van der Waals surface area contributed by atoms with Crippen LogP contribution in [0.2, 0.25) is 5.02 Å². The van der Waals surface area contributed by atoms with Gasteiger partial charge in [0.15, 0.2) is 0 Å². The van der Waals surface area contributed by atoms with Gasteiger partial charge in [0, 0.05) is 24.4 Å². The summed E-state index contributed by atoms with van der Waals surface area (Å²) in [5.41, 5.74) is 1.68. The van der Waals surface area contributed by atoms with Crippen molar-refractivity contribution in [2.45, 2.75) is 30.8 Å². The van der Waals surface area contributed by atoms with Gasteiger partial charge in [-0.15, -0.1) is 0 Å². The van der Waals surface area contributed by atoms with E-state index in [-0.39, 0.29) is 17.6 Å². The molecule has 6 nitrogen and oxygen atoms in total. The van der Waals surface area contributed by atoms with Crippen LogP contribution in [0, 0.1) is 0 Å². The summed E-state index contributed by atoms with van der Waals surface area (Å²) >= 11 is 6.15. The van der Waals surface area contributed by atoms with Crippen LogP contribution in [0.3, 0.4) is 0 Å². The summed E-state index contributed by atoms with van der Waals surface area (Å²) in [5.74, 6) is 0.505. The molecule has 2 aromatic heterocycles. The molecule has 120 valence electrons. The van der Waals surface area contributed by atoms with Gasteiger partial charge in [-0.2, -0.15) is 5.10 Å². The molecule has 7 heteroatoms. The number of nitrogens with zero attached hydrogens (tertiary/aromatic N) is 3. The second kappa shape index (κ2) is 5.94. The standard InChI is InChI=1S/C16H17ClN4O2/c17-11-7-18-6-5-13(11)19-14-8-23-9-15(14)21-16(22)4-3-12(20-21)10-1-2-10/h3-7,10,14-15H,1-2,8-9H2,(H,18,19). The van der Waals surface area contributed by atoms with Crippen LogP contribution in [0.4, 0.5) is 5.69 Å². The van der Waals surface area contributed by atoms with Crippen molar-refractivity contribution in [2.24, 2.45) is 0 Å². The average Bonchev–Trinajstić information content (AvgIpc) is 3.30. The first kappa shape index (κ1) is 14.7. The Balaban J connectivity index is 1.61. The van der Waals surface area contributed by atoms with Crippen molar-refractivity contribution in [3.63, 3.8) is 0 Å². The zero-order valence-corrected chi connectivity index (χ0v) is 13.2. The van der Waals surface area contributed by atoms with E-state index in [1.807, 2.05) is 12.1 Å². The van der Waals surface area contributed by atoms with E-state index >= 15 is 0 Å². The Morgan fingerprint density at radius 1 is 1.26 bits per heavy atom. The fourth-order valence-corrected chi connectivity index (χ4v) is 3.06. The molecule has 2 aliphatic rings. The van der Waals surface area contributed by atoms with Gasteiger partial charge in [-0.25, -0.2) is 4.68 Å². The van der Waals surface area contributed by atoms with Gasteiger partial charge in [-0.05, 0) is 25.0 Å². The molecule has 1 N–H and O–H groups in total. The third kappa shape index (κ3) is 2.96. The van der Waals surface area contributed by atoms with E-state index in [4.69, 9.17) is 16.3 Å². The lowest BCUT2D eigenvalue weighted by molar-refractivity contribution is 0.182. The highest BCUT2D eigenvalue weighted by molar-refractivity contribution is 6.33. The Hall–Kier alpha value is -1.92. The second-order valence-corrected chi connectivity index (χ2v) is 6.43. The van der Waals surface area contributed by atoms with Crippen molar-refractivity contribution in [3.05, 3.63) is 51.7 Å². The van der Waals surface area contributed by atoms with E-state index in [2.05, 4.69) is 15.4 Å². The second-order valence-electron chi connectivity index (χ2n) is 6.03. The molecule has 1 aliphatic carbocycles. The first-order valence-electron chi connectivity index (χ1n) is 7.76. The number of hydrogen-bond donors (Lipinski definition) is 1. The highest BCUT2D eigenvalue weighted by atomic mass is 35.5. The fraction of sp³-hybridized carbons (Fsp3) is 0.438. The summed E-state index contributed by atoms with van der Waals surface area (Å²) < 4.78 is 7.15. The van der Waals surface area contributed by atoms with E-state index in [9.17, 15) is 4.79 Å². The maximum absolute atomic E-state index is 12.2. The molecule has 0 aromatic carbocycles. The summed E-state index contributed by atoms with van der Waals surface area (Å²) in [6.45, 7) is 0.965. The maximum atomic E-state index is 12.2. The monoisotopic (exact) mass is 332 g/mol. The lowest BCUT2D eigenvalue weighted by Crippen LogP contribution is -2.37.